The maximum absolute atomic E-state index is 13.6. The van der Waals surface area contributed by atoms with Gasteiger partial charge in [-0.15, -0.1) is 0 Å². The predicted molar refractivity (Wildman–Crippen MR) is 228 cm³/mol. The summed E-state index contributed by atoms with van der Waals surface area (Å²) in [7, 11) is 0. The lowest BCUT2D eigenvalue weighted by atomic mass is 9.82. The van der Waals surface area contributed by atoms with E-state index in [4.69, 9.17) is 0 Å². The van der Waals surface area contributed by atoms with Crippen molar-refractivity contribution in [1.29, 1.82) is 0 Å². The molecule has 0 unspecified atom stereocenters. The lowest BCUT2D eigenvalue weighted by Crippen LogP contribution is -2.16. The number of ketones is 2. The number of hydrogen-bond acceptors (Lipinski definition) is 3. The van der Waals surface area contributed by atoms with Crippen molar-refractivity contribution in [1.82, 2.24) is 0 Å². The molecular formula is C52H35NO2. The summed E-state index contributed by atoms with van der Waals surface area (Å²) in [6.07, 6.45) is 0. The summed E-state index contributed by atoms with van der Waals surface area (Å²) in [6.45, 7) is 6.59. The summed E-state index contributed by atoms with van der Waals surface area (Å²) in [5, 5.41) is 9.22. The first-order valence-corrected chi connectivity index (χ1v) is 18.9. The van der Waals surface area contributed by atoms with Crippen molar-refractivity contribution in [3.05, 3.63) is 191 Å². The van der Waals surface area contributed by atoms with Gasteiger partial charge >= 0.3 is 0 Å². The summed E-state index contributed by atoms with van der Waals surface area (Å²) >= 11 is 0. The molecule has 3 nitrogen and oxygen atoms in total. The van der Waals surface area contributed by atoms with Crippen molar-refractivity contribution in [2.75, 3.05) is 4.90 Å². The van der Waals surface area contributed by atoms with Crippen LogP contribution in [0.2, 0.25) is 0 Å². The van der Waals surface area contributed by atoms with Crippen molar-refractivity contribution >= 4 is 77.3 Å². The van der Waals surface area contributed by atoms with Crippen molar-refractivity contribution in [3.8, 4) is 11.1 Å². The van der Waals surface area contributed by atoms with Gasteiger partial charge in [0.05, 0.1) is 11.3 Å². The molecule has 0 N–H and O–H groups in total. The highest BCUT2D eigenvalue weighted by Gasteiger charge is 2.37. The SMILES string of the molecule is CC(=C1C(=O)c2ccccc2C1=O)c1ccc2c3ccc(N(c4ccccc4)c4ccc5c(c4)C(C)(C)c4ccccc4-5)c4cccc(c5cccc1c52)c43. The van der Waals surface area contributed by atoms with Crippen LogP contribution in [-0.4, -0.2) is 11.6 Å². The molecule has 9 aromatic rings. The minimum absolute atomic E-state index is 0.123. The minimum Gasteiger partial charge on any atom is -0.310 e. The predicted octanol–water partition coefficient (Wildman–Crippen LogP) is 13.4. The molecule has 11 rings (SSSR count). The van der Waals surface area contributed by atoms with Crippen LogP contribution < -0.4 is 4.90 Å². The standard InChI is InChI=1S/C52H35NO2/c1-30(47-50(54)41-16-7-8-17-42(41)51(47)55)33-25-26-39-40-27-28-46(43-21-12-20-38(49(40)43)37-19-11-18-36(33)48(37)39)53(31-13-5-4-6-14-31)32-23-24-35-34-15-9-10-22-44(34)52(2,3)45(35)29-32/h4-29H,1-3H3. The number of benzene rings is 9. The fourth-order valence-electron chi connectivity index (χ4n) is 9.78. The summed E-state index contributed by atoms with van der Waals surface area (Å²) in [4.78, 5) is 29.6. The zero-order valence-electron chi connectivity index (χ0n) is 30.8. The lowest BCUT2D eigenvalue weighted by molar-refractivity contribution is 0.0990. The highest BCUT2D eigenvalue weighted by molar-refractivity contribution is 6.43. The van der Waals surface area contributed by atoms with Gasteiger partial charge in [-0.3, -0.25) is 9.59 Å². The number of para-hydroxylation sites is 1. The molecule has 9 aromatic carbocycles. The Labute approximate surface area is 319 Å². The van der Waals surface area contributed by atoms with Gasteiger partial charge in [0, 0.05) is 33.3 Å². The largest absolute Gasteiger partial charge is 0.310 e. The fourth-order valence-corrected chi connectivity index (χ4v) is 9.78. The third kappa shape index (κ3) is 4.27. The number of carbonyl (C=O) groups is 2. The minimum atomic E-state index is -0.194. The van der Waals surface area contributed by atoms with E-state index < -0.39 is 0 Å². The number of hydrogen-bond donors (Lipinski definition) is 0. The van der Waals surface area contributed by atoms with Gasteiger partial charge in [-0.25, -0.2) is 0 Å². The van der Waals surface area contributed by atoms with E-state index >= 15 is 0 Å². The van der Waals surface area contributed by atoms with Gasteiger partial charge in [-0.05, 0) is 108 Å². The molecular weight excluding hydrogens is 671 g/mol. The molecule has 0 heterocycles. The molecule has 0 aliphatic heterocycles. The Morgan fingerprint density at radius 2 is 1.00 bits per heavy atom. The van der Waals surface area contributed by atoms with E-state index in [-0.39, 0.29) is 22.6 Å². The van der Waals surface area contributed by atoms with Gasteiger partial charge in [-0.2, -0.15) is 0 Å². The molecule has 3 heteroatoms. The van der Waals surface area contributed by atoms with E-state index in [1.165, 1.54) is 43.8 Å². The van der Waals surface area contributed by atoms with Crippen LogP contribution in [0.1, 0.15) is 58.2 Å². The maximum Gasteiger partial charge on any atom is 0.198 e. The Bertz CT molecular complexity index is 3110. The second-order valence-corrected chi connectivity index (χ2v) is 15.5. The van der Waals surface area contributed by atoms with Crippen LogP contribution >= 0.6 is 0 Å². The molecule has 0 spiro atoms. The smallest absolute Gasteiger partial charge is 0.198 e. The zero-order valence-corrected chi connectivity index (χ0v) is 30.8. The second kappa shape index (κ2) is 11.3. The van der Waals surface area contributed by atoms with Crippen LogP contribution in [0.4, 0.5) is 17.1 Å². The molecule has 0 saturated heterocycles. The van der Waals surface area contributed by atoms with Crippen LogP contribution in [0.15, 0.2) is 163 Å². The number of fused-ring (bicyclic) bond motifs is 6. The summed E-state index contributed by atoms with van der Waals surface area (Å²) in [5.41, 5.74) is 11.4. The average Bonchev–Trinajstić information content (AvgIpc) is 3.61. The Morgan fingerprint density at radius 3 is 1.71 bits per heavy atom. The fraction of sp³-hybridized carbons (Fsp3) is 0.0769. The Hall–Kier alpha value is -6.84. The molecule has 55 heavy (non-hydrogen) atoms. The van der Waals surface area contributed by atoms with Crippen LogP contribution in [0.5, 0.6) is 0 Å². The number of carbonyl (C=O) groups excluding carboxylic acids is 2. The Morgan fingerprint density at radius 1 is 0.455 bits per heavy atom. The number of allylic oxidation sites excluding steroid dienone is 2. The number of anilines is 3. The van der Waals surface area contributed by atoms with Crippen molar-refractivity contribution in [2.45, 2.75) is 26.2 Å². The van der Waals surface area contributed by atoms with Gasteiger partial charge in [0.25, 0.3) is 0 Å². The van der Waals surface area contributed by atoms with Crippen LogP contribution in [0, 0.1) is 0 Å². The molecule has 0 fully saturated rings. The van der Waals surface area contributed by atoms with Gasteiger partial charge < -0.3 is 4.90 Å². The van der Waals surface area contributed by atoms with Gasteiger partial charge in [0.15, 0.2) is 11.6 Å². The number of nitrogens with zero attached hydrogens (tertiary/aromatic N) is 1. The molecule has 2 aliphatic carbocycles. The molecule has 0 saturated carbocycles. The van der Waals surface area contributed by atoms with Gasteiger partial charge in [0.2, 0.25) is 0 Å². The third-order valence-corrected chi connectivity index (χ3v) is 12.4. The van der Waals surface area contributed by atoms with E-state index in [1.807, 2.05) is 19.1 Å². The highest BCUT2D eigenvalue weighted by atomic mass is 16.2. The van der Waals surface area contributed by atoms with Gasteiger partial charge in [0.1, 0.15) is 0 Å². The van der Waals surface area contributed by atoms with Crippen LogP contribution in [0.25, 0.3) is 59.8 Å². The molecule has 260 valence electrons. The summed E-state index contributed by atoms with van der Waals surface area (Å²) in [6, 6.07) is 55.5. The maximum atomic E-state index is 13.6. The number of rotatable bonds is 4. The van der Waals surface area contributed by atoms with E-state index in [0.29, 0.717) is 16.7 Å². The van der Waals surface area contributed by atoms with Crippen molar-refractivity contribution in [3.63, 3.8) is 0 Å². The van der Waals surface area contributed by atoms with Crippen molar-refractivity contribution < 1.29 is 9.59 Å². The van der Waals surface area contributed by atoms with E-state index in [2.05, 4.69) is 152 Å². The molecule has 2 aliphatic rings. The van der Waals surface area contributed by atoms with Crippen molar-refractivity contribution in [2.24, 2.45) is 0 Å². The number of Topliss-reactive ketones (excluding diaryl/α,β-unsaturated/α-hetero) is 2. The van der Waals surface area contributed by atoms with Gasteiger partial charge in [-0.1, -0.05) is 141 Å². The second-order valence-electron chi connectivity index (χ2n) is 15.5. The first-order valence-electron chi connectivity index (χ1n) is 18.9. The van der Waals surface area contributed by atoms with E-state index in [0.717, 1.165) is 44.2 Å². The molecule has 0 bridgehead atoms. The topological polar surface area (TPSA) is 37.4 Å². The first kappa shape index (κ1) is 31.7. The molecule has 0 amide bonds. The normalized spacial score (nSPS) is 14.3. The zero-order chi connectivity index (χ0) is 37.2. The Kier molecular flexibility index (Phi) is 6.53. The van der Waals surface area contributed by atoms with Crippen LogP contribution in [-0.2, 0) is 5.41 Å². The summed E-state index contributed by atoms with van der Waals surface area (Å²) < 4.78 is 0. The lowest BCUT2D eigenvalue weighted by Gasteiger charge is -2.29. The average molecular weight is 706 g/mol. The first-order chi connectivity index (χ1) is 26.8. The Balaban J connectivity index is 1.14. The van der Waals surface area contributed by atoms with E-state index in [9.17, 15) is 9.59 Å². The third-order valence-electron chi connectivity index (χ3n) is 12.4. The van der Waals surface area contributed by atoms with E-state index in [1.54, 1.807) is 12.1 Å². The quantitative estimate of drug-likeness (QED) is 0.0792. The highest BCUT2D eigenvalue weighted by Crippen LogP contribution is 2.52. The molecule has 0 atom stereocenters. The summed E-state index contributed by atoms with van der Waals surface area (Å²) in [5.74, 6) is -0.388. The monoisotopic (exact) mass is 705 g/mol. The van der Waals surface area contributed by atoms with Crippen LogP contribution in [0.3, 0.4) is 0 Å². The molecule has 0 aromatic heterocycles. The molecule has 0 radical (unpaired) electrons.